The number of nitrogens with zero attached hydrogens (tertiary/aromatic N) is 1. The highest BCUT2D eigenvalue weighted by molar-refractivity contribution is 6.33. The summed E-state index contributed by atoms with van der Waals surface area (Å²) in [4.78, 5) is 14.7. The van der Waals surface area contributed by atoms with Gasteiger partial charge >= 0.3 is 0 Å². The molecule has 0 saturated carbocycles. The van der Waals surface area contributed by atoms with Crippen LogP contribution < -0.4 is 14.8 Å². The second-order valence-electron chi connectivity index (χ2n) is 6.56. The maximum atomic E-state index is 12.5. The number of para-hydroxylation sites is 1. The van der Waals surface area contributed by atoms with E-state index in [1.807, 2.05) is 30.3 Å². The molecule has 0 radical (unpaired) electrons. The Morgan fingerprint density at radius 2 is 1.96 bits per heavy atom. The predicted molar refractivity (Wildman–Crippen MR) is 101 cm³/mol. The van der Waals surface area contributed by atoms with Crippen molar-refractivity contribution in [1.29, 1.82) is 0 Å². The molecule has 1 unspecified atom stereocenters. The number of carbonyl (C=O) groups excluding carboxylic acids is 1. The number of hydrogen-bond donors (Lipinski definition) is 1. The van der Waals surface area contributed by atoms with Gasteiger partial charge in [0, 0.05) is 6.04 Å². The van der Waals surface area contributed by atoms with Crippen LogP contribution in [0.3, 0.4) is 0 Å². The van der Waals surface area contributed by atoms with Gasteiger partial charge < -0.3 is 14.8 Å². The van der Waals surface area contributed by atoms with E-state index in [1.54, 1.807) is 6.07 Å². The van der Waals surface area contributed by atoms with E-state index in [0.717, 1.165) is 36.4 Å². The zero-order chi connectivity index (χ0) is 17.9. The van der Waals surface area contributed by atoms with Gasteiger partial charge in [0.05, 0.1) is 17.3 Å². The Morgan fingerprint density at radius 3 is 2.81 bits per heavy atom. The van der Waals surface area contributed by atoms with Crippen molar-refractivity contribution in [3.05, 3.63) is 53.1 Å². The Balaban J connectivity index is 1.45. The van der Waals surface area contributed by atoms with E-state index in [-0.39, 0.29) is 11.9 Å². The molecule has 2 aromatic carbocycles. The molecule has 26 heavy (non-hydrogen) atoms. The Bertz CT molecular complexity index is 811. The number of nitrogens with one attached hydrogen (secondary N) is 1. The fraction of sp³-hybridized carbons (Fsp3) is 0.350. The number of rotatable bonds is 4. The summed E-state index contributed by atoms with van der Waals surface area (Å²) >= 11 is 6.12. The van der Waals surface area contributed by atoms with Crippen molar-refractivity contribution >= 4 is 23.2 Å². The molecule has 1 saturated heterocycles. The van der Waals surface area contributed by atoms with E-state index >= 15 is 0 Å². The smallest absolute Gasteiger partial charge is 0.238 e. The molecule has 0 bridgehead atoms. The van der Waals surface area contributed by atoms with Crippen molar-refractivity contribution in [1.82, 2.24) is 4.90 Å². The van der Waals surface area contributed by atoms with Crippen molar-refractivity contribution < 1.29 is 14.3 Å². The van der Waals surface area contributed by atoms with Crippen LogP contribution in [-0.4, -0.2) is 37.1 Å². The summed E-state index contributed by atoms with van der Waals surface area (Å²) < 4.78 is 11.3. The summed E-state index contributed by atoms with van der Waals surface area (Å²) in [5.41, 5.74) is 1.81. The molecule has 1 N–H and O–H groups in total. The quantitative estimate of drug-likeness (QED) is 0.884. The topological polar surface area (TPSA) is 50.8 Å². The third kappa shape index (κ3) is 3.64. The van der Waals surface area contributed by atoms with Gasteiger partial charge in [0.25, 0.3) is 0 Å². The molecule has 1 atom stereocenters. The summed E-state index contributed by atoms with van der Waals surface area (Å²) in [6.07, 6.45) is 2.09. The number of ether oxygens (including phenoxy) is 2. The maximum Gasteiger partial charge on any atom is 0.238 e. The number of halogens is 1. The number of fused-ring (bicyclic) bond motifs is 1. The van der Waals surface area contributed by atoms with Gasteiger partial charge in [-0.3, -0.25) is 9.69 Å². The lowest BCUT2D eigenvalue weighted by molar-refractivity contribution is -0.117. The van der Waals surface area contributed by atoms with Gasteiger partial charge in [-0.05, 0) is 49.2 Å². The number of amides is 1. The van der Waals surface area contributed by atoms with E-state index in [2.05, 4.69) is 16.3 Å². The van der Waals surface area contributed by atoms with Crippen LogP contribution in [0.2, 0.25) is 5.02 Å². The molecule has 2 heterocycles. The SMILES string of the molecule is O=C(CN1CCCC1c1ccc2c(c1)OCCO2)Nc1ccccc1Cl. The number of hydrogen-bond acceptors (Lipinski definition) is 4. The molecule has 0 aliphatic carbocycles. The van der Waals surface area contributed by atoms with Crippen LogP contribution in [0.5, 0.6) is 11.5 Å². The molecule has 0 aromatic heterocycles. The molecular weight excluding hydrogens is 352 g/mol. The van der Waals surface area contributed by atoms with Gasteiger partial charge in [0.15, 0.2) is 11.5 Å². The third-order valence-corrected chi connectivity index (χ3v) is 5.14. The van der Waals surface area contributed by atoms with Crippen LogP contribution >= 0.6 is 11.6 Å². The molecule has 4 rings (SSSR count). The Hall–Kier alpha value is -2.24. The predicted octanol–water partition coefficient (Wildman–Crippen LogP) is 3.89. The number of likely N-dealkylation sites (tertiary alicyclic amines) is 1. The maximum absolute atomic E-state index is 12.5. The van der Waals surface area contributed by atoms with E-state index < -0.39 is 0 Å². The number of anilines is 1. The van der Waals surface area contributed by atoms with Gasteiger partial charge in [0.1, 0.15) is 13.2 Å². The zero-order valence-corrected chi connectivity index (χ0v) is 15.2. The van der Waals surface area contributed by atoms with Crippen LogP contribution in [0, 0.1) is 0 Å². The van der Waals surface area contributed by atoms with Crippen LogP contribution in [0.1, 0.15) is 24.4 Å². The second kappa shape index (κ2) is 7.56. The first-order valence-corrected chi connectivity index (χ1v) is 9.26. The first-order chi connectivity index (χ1) is 12.7. The normalized spacial score (nSPS) is 19.3. The van der Waals surface area contributed by atoms with E-state index in [9.17, 15) is 4.79 Å². The summed E-state index contributed by atoms with van der Waals surface area (Å²) in [6.45, 7) is 2.40. The summed E-state index contributed by atoms with van der Waals surface area (Å²) in [5, 5.41) is 3.45. The van der Waals surface area contributed by atoms with Gasteiger partial charge in [-0.2, -0.15) is 0 Å². The number of benzene rings is 2. The molecule has 1 fully saturated rings. The summed E-state index contributed by atoms with van der Waals surface area (Å²) in [6, 6.07) is 13.6. The molecule has 0 spiro atoms. The zero-order valence-electron chi connectivity index (χ0n) is 14.4. The van der Waals surface area contributed by atoms with Crippen LogP contribution in [0.15, 0.2) is 42.5 Å². The van der Waals surface area contributed by atoms with Crippen molar-refractivity contribution in [2.24, 2.45) is 0 Å². The van der Waals surface area contributed by atoms with Crippen molar-refractivity contribution in [2.45, 2.75) is 18.9 Å². The van der Waals surface area contributed by atoms with Gasteiger partial charge in [-0.1, -0.05) is 29.8 Å². The molecule has 2 aliphatic rings. The minimum Gasteiger partial charge on any atom is -0.486 e. The molecule has 136 valence electrons. The summed E-state index contributed by atoms with van der Waals surface area (Å²) in [7, 11) is 0. The lowest BCUT2D eigenvalue weighted by Gasteiger charge is -2.26. The lowest BCUT2D eigenvalue weighted by atomic mass is 10.0. The Labute approximate surface area is 157 Å². The Morgan fingerprint density at radius 1 is 1.15 bits per heavy atom. The average molecular weight is 373 g/mol. The van der Waals surface area contributed by atoms with Gasteiger partial charge in [0.2, 0.25) is 5.91 Å². The van der Waals surface area contributed by atoms with E-state index in [0.29, 0.717) is 30.5 Å². The molecule has 5 nitrogen and oxygen atoms in total. The van der Waals surface area contributed by atoms with E-state index in [4.69, 9.17) is 21.1 Å². The first kappa shape index (κ1) is 17.2. The highest BCUT2D eigenvalue weighted by atomic mass is 35.5. The monoisotopic (exact) mass is 372 g/mol. The van der Waals surface area contributed by atoms with Crippen molar-refractivity contribution in [3.8, 4) is 11.5 Å². The van der Waals surface area contributed by atoms with Crippen molar-refractivity contribution in [3.63, 3.8) is 0 Å². The van der Waals surface area contributed by atoms with Gasteiger partial charge in [-0.25, -0.2) is 0 Å². The minimum atomic E-state index is -0.0532. The lowest BCUT2D eigenvalue weighted by Crippen LogP contribution is -2.33. The molecule has 2 aromatic rings. The minimum absolute atomic E-state index is 0.0532. The number of carbonyl (C=O) groups is 1. The van der Waals surface area contributed by atoms with Gasteiger partial charge in [-0.15, -0.1) is 0 Å². The standard InChI is InChI=1S/C20H21ClN2O3/c21-15-4-1-2-5-16(15)22-20(24)13-23-9-3-6-17(23)14-7-8-18-19(12-14)26-11-10-25-18/h1-2,4-5,7-8,12,17H,3,6,9-11,13H2,(H,22,24). The average Bonchev–Trinajstić information content (AvgIpc) is 3.11. The molecule has 1 amide bonds. The second-order valence-corrected chi connectivity index (χ2v) is 6.97. The molecular formula is C20H21ClN2O3. The van der Waals surface area contributed by atoms with E-state index in [1.165, 1.54) is 0 Å². The highest BCUT2D eigenvalue weighted by Gasteiger charge is 2.28. The van der Waals surface area contributed by atoms with Crippen LogP contribution in [0.4, 0.5) is 5.69 Å². The van der Waals surface area contributed by atoms with Crippen LogP contribution in [-0.2, 0) is 4.79 Å². The highest BCUT2D eigenvalue weighted by Crippen LogP contribution is 2.38. The first-order valence-electron chi connectivity index (χ1n) is 8.89. The molecule has 2 aliphatic heterocycles. The fourth-order valence-corrected chi connectivity index (χ4v) is 3.78. The third-order valence-electron chi connectivity index (χ3n) is 4.81. The largest absolute Gasteiger partial charge is 0.486 e. The van der Waals surface area contributed by atoms with Crippen LogP contribution in [0.25, 0.3) is 0 Å². The fourth-order valence-electron chi connectivity index (χ4n) is 3.60. The Kier molecular flexibility index (Phi) is 5.00. The van der Waals surface area contributed by atoms with Crippen molar-refractivity contribution in [2.75, 3.05) is 31.6 Å². The summed E-state index contributed by atoms with van der Waals surface area (Å²) in [5.74, 6) is 1.53. The molecule has 6 heteroatoms.